The molecule has 4 nitrogen and oxygen atoms in total. The minimum Gasteiger partial charge on any atom is -0.479 e. The first-order valence-corrected chi connectivity index (χ1v) is 7.11. The molecule has 1 aliphatic rings. The summed E-state index contributed by atoms with van der Waals surface area (Å²) in [7, 11) is 1.59. The topological polar surface area (TPSA) is 60.2 Å². The molecule has 2 rings (SSSR count). The number of aromatic nitrogens is 1. The fourth-order valence-electron chi connectivity index (χ4n) is 2.19. The molecule has 1 aromatic rings. The Bertz CT molecular complexity index is 386. The Hall–Kier alpha value is -1.10. The summed E-state index contributed by atoms with van der Waals surface area (Å²) < 4.78 is 5.11. The lowest BCUT2D eigenvalue weighted by atomic mass is 10.2. The highest BCUT2D eigenvalue weighted by Gasteiger charge is 2.24. The first-order chi connectivity index (χ1) is 8.22. The SMILES string of the molecule is COc1nc(NC2CCC(SC)C2)ccc1N. The number of rotatable bonds is 4. The van der Waals surface area contributed by atoms with E-state index in [1.807, 2.05) is 23.9 Å². The number of thioether (sulfide) groups is 1. The van der Waals surface area contributed by atoms with Crippen LogP contribution in [0.4, 0.5) is 11.5 Å². The molecule has 3 N–H and O–H groups in total. The van der Waals surface area contributed by atoms with Gasteiger partial charge in [-0.3, -0.25) is 0 Å². The van der Waals surface area contributed by atoms with Crippen LogP contribution in [0, 0.1) is 0 Å². The van der Waals surface area contributed by atoms with Gasteiger partial charge in [0.2, 0.25) is 5.88 Å². The molecule has 5 heteroatoms. The Labute approximate surface area is 106 Å². The largest absolute Gasteiger partial charge is 0.479 e. The number of nitrogens with two attached hydrogens (primary N) is 1. The highest BCUT2D eigenvalue weighted by Crippen LogP contribution is 2.30. The Morgan fingerprint density at radius 3 is 2.94 bits per heavy atom. The molecule has 1 aromatic heterocycles. The van der Waals surface area contributed by atoms with Crippen molar-refractivity contribution >= 4 is 23.3 Å². The second-order valence-corrected chi connectivity index (χ2v) is 5.45. The zero-order chi connectivity index (χ0) is 12.3. The number of ether oxygens (including phenoxy) is 1. The zero-order valence-electron chi connectivity index (χ0n) is 10.3. The highest BCUT2D eigenvalue weighted by atomic mass is 32.2. The van der Waals surface area contributed by atoms with Crippen LogP contribution < -0.4 is 15.8 Å². The van der Waals surface area contributed by atoms with Gasteiger partial charge in [-0.25, -0.2) is 0 Å². The van der Waals surface area contributed by atoms with Crippen molar-refractivity contribution in [2.75, 3.05) is 24.4 Å². The van der Waals surface area contributed by atoms with E-state index in [2.05, 4.69) is 16.6 Å². The average Bonchev–Trinajstić information content (AvgIpc) is 2.79. The maximum Gasteiger partial charge on any atom is 0.238 e. The molecule has 94 valence electrons. The van der Waals surface area contributed by atoms with Crippen LogP contribution in [0.5, 0.6) is 5.88 Å². The zero-order valence-corrected chi connectivity index (χ0v) is 11.1. The molecule has 0 aliphatic heterocycles. The summed E-state index contributed by atoms with van der Waals surface area (Å²) in [5, 5.41) is 4.23. The van der Waals surface area contributed by atoms with E-state index in [4.69, 9.17) is 10.5 Å². The van der Waals surface area contributed by atoms with Crippen molar-refractivity contribution in [3.63, 3.8) is 0 Å². The maximum absolute atomic E-state index is 5.73. The van der Waals surface area contributed by atoms with Gasteiger partial charge in [-0.2, -0.15) is 16.7 Å². The average molecular weight is 253 g/mol. The van der Waals surface area contributed by atoms with Crippen molar-refractivity contribution in [1.29, 1.82) is 0 Å². The molecule has 1 fully saturated rings. The number of nitrogens with one attached hydrogen (secondary N) is 1. The molecule has 0 amide bonds. The number of nitrogens with zero attached hydrogens (tertiary/aromatic N) is 1. The van der Waals surface area contributed by atoms with Gasteiger partial charge in [0, 0.05) is 11.3 Å². The molecular weight excluding hydrogens is 234 g/mol. The molecule has 2 atom stereocenters. The van der Waals surface area contributed by atoms with Gasteiger partial charge < -0.3 is 15.8 Å². The van der Waals surface area contributed by atoms with E-state index >= 15 is 0 Å². The third-order valence-electron chi connectivity index (χ3n) is 3.15. The van der Waals surface area contributed by atoms with Gasteiger partial charge in [0.1, 0.15) is 5.82 Å². The van der Waals surface area contributed by atoms with E-state index in [9.17, 15) is 0 Å². The van der Waals surface area contributed by atoms with Gasteiger partial charge in [0.05, 0.1) is 12.8 Å². The second kappa shape index (κ2) is 5.49. The standard InChI is InChI=1S/C12H19N3OS/c1-16-12-10(13)5-6-11(15-12)14-8-3-4-9(7-8)17-2/h5-6,8-9H,3-4,7,13H2,1-2H3,(H,14,15). The summed E-state index contributed by atoms with van der Waals surface area (Å²) in [4.78, 5) is 4.34. The lowest BCUT2D eigenvalue weighted by Gasteiger charge is -2.14. The van der Waals surface area contributed by atoms with Crippen molar-refractivity contribution in [3.8, 4) is 5.88 Å². The molecule has 0 bridgehead atoms. The minimum atomic E-state index is 0.495. The number of hydrogen-bond acceptors (Lipinski definition) is 5. The smallest absolute Gasteiger partial charge is 0.238 e. The van der Waals surface area contributed by atoms with Crippen LogP contribution in [-0.2, 0) is 0 Å². The van der Waals surface area contributed by atoms with Gasteiger partial charge >= 0.3 is 0 Å². The fourth-order valence-corrected chi connectivity index (χ4v) is 2.99. The molecular formula is C12H19N3OS. The molecule has 1 heterocycles. The summed E-state index contributed by atoms with van der Waals surface area (Å²) >= 11 is 1.95. The Morgan fingerprint density at radius 2 is 2.29 bits per heavy atom. The fraction of sp³-hybridized carbons (Fsp3) is 0.583. The number of anilines is 2. The van der Waals surface area contributed by atoms with Gasteiger partial charge in [-0.05, 0) is 37.7 Å². The van der Waals surface area contributed by atoms with E-state index in [1.165, 1.54) is 19.3 Å². The van der Waals surface area contributed by atoms with Crippen LogP contribution in [0.1, 0.15) is 19.3 Å². The minimum absolute atomic E-state index is 0.495. The highest BCUT2D eigenvalue weighted by molar-refractivity contribution is 7.99. The van der Waals surface area contributed by atoms with E-state index in [-0.39, 0.29) is 0 Å². The lowest BCUT2D eigenvalue weighted by Crippen LogP contribution is -2.17. The molecule has 0 radical (unpaired) electrons. The van der Waals surface area contributed by atoms with E-state index in [1.54, 1.807) is 7.11 Å². The van der Waals surface area contributed by atoms with E-state index in [0.29, 0.717) is 17.6 Å². The number of hydrogen-bond donors (Lipinski definition) is 2. The van der Waals surface area contributed by atoms with Gasteiger partial charge in [0.25, 0.3) is 0 Å². The number of pyridine rings is 1. The molecule has 1 aliphatic carbocycles. The van der Waals surface area contributed by atoms with Crippen LogP contribution in [0.15, 0.2) is 12.1 Å². The Balaban J connectivity index is 1.99. The summed E-state index contributed by atoms with van der Waals surface area (Å²) in [5.41, 5.74) is 6.31. The van der Waals surface area contributed by atoms with Crippen molar-refractivity contribution < 1.29 is 4.74 Å². The van der Waals surface area contributed by atoms with Crippen molar-refractivity contribution in [2.24, 2.45) is 0 Å². The molecule has 1 saturated carbocycles. The molecule has 0 spiro atoms. The monoisotopic (exact) mass is 253 g/mol. The van der Waals surface area contributed by atoms with E-state index < -0.39 is 0 Å². The van der Waals surface area contributed by atoms with Crippen LogP contribution in [-0.4, -0.2) is 29.6 Å². The van der Waals surface area contributed by atoms with Crippen molar-refractivity contribution in [1.82, 2.24) is 4.98 Å². The quantitative estimate of drug-likeness (QED) is 0.862. The second-order valence-electron chi connectivity index (χ2n) is 4.31. The molecule has 0 aromatic carbocycles. The van der Waals surface area contributed by atoms with Gasteiger partial charge in [-0.15, -0.1) is 0 Å². The summed E-state index contributed by atoms with van der Waals surface area (Å²) in [6.45, 7) is 0. The predicted octanol–water partition coefficient (Wildman–Crippen LogP) is 2.37. The lowest BCUT2D eigenvalue weighted by molar-refractivity contribution is 0.400. The summed E-state index contributed by atoms with van der Waals surface area (Å²) in [6.07, 6.45) is 5.87. The van der Waals surface area contributed by atoms with Crippen LogP contribution in [0.25, 0.3) is 0 Å². The Morgan fingerprint density at radius 1 is 1.47 bits per heavy atom. The van der Waals surface area contributed by atoms with Crippen molar-refractivity contribution in [2.45, 2.75) is 30.6 Å². The Kier molecular flexibility index (Phi) is 3.99. The summed E-state index contributed by atoms with van der Waals surface area (Å²) in [5.74, 6) is 1.34. The van der Waals surface area contributed by atoms with E-state index in [0.717, 1.165) is 11.1 Å². The molecule has 0 saturated heterocycles. The third kappa shape index (κ3) is 2.97. The van der Waals surface area contributed by atoms with Crippen LogP contribution >= 0.6 is 11.8 Å². The number of nitrogen functional groups attached to an aromatic ring is 1. The number of methoxy groups -OCH3 is 1. The van der Waals surface area contributed by atoms with Gasteiger partial charge in [0.15, 0.2) is 0 Å². The normalized spacial score (nSPS) is 23.6. The maximum atomic E-state index is 5.73. The predicted molar refractivity (Wildman–Crippen MR) is 73.8 cm³/mol. The van der Waals surface area contributed by atoms with Crippen LogP contribution in [0.3, 0.4) is 0 Å². The van der Waals surface area contributed by atoms with Crippen molar-refractivity contribution in [3.05, 3.63) is 12.1 Å². The molecule has 17 heavy (non-hydrogen) atoms. The first kappa shape index (κ1) is 12.4. The summed E-state index contributed by atoms with van der Waals surface area (Å²) in [6, 6.07) is 4.26. The molecule has 2 unspecified atom stereocenters. The first-order valence-electron chi connectivity index (χ1n) is 5.82. The third-order valence-corrected chi connectivity index (χ3v) is 4.25. The van der Waals surface area contributed by atoms with Gasteiger partial charge in [-0.1, -0.05) is 0 Å². The van der Waals surface area contributed by atoms with Crippen LogP contribution in [0.2, 0.25) is 0 Å².